The van der Waals surface area contributed by atoms with E-state index in [-0.39, 0.29) is 51.9 Å². The topological polar surface area (TPSA) is 94.9 Å². The normalized spacial score (nSPS) is 17.2. The van der Waals surface area contributed by atoms with Crippen molar-refractivity contribution >= 4 is 18.0 Å². The van der Waals surface area contributed by atoms with Crippen LogP contribution in [-0.4, -0.2) is 95.5 Å². The number of fused-ring (bicyclic) bond motifs is 1. The Bertz CT molecular complexity index is 953. The molecule has 194 valence electrons. The molecule has 0 bridgehead atoms. The highest BCUT2D eigenvalue weighted by molar-refractivity contribution is 5.96. The summed E-state index contributed by atoms with van der Waals surface area (Å²) in [6.45, 7) is 6.81. The number of rotatable bonds is 3. The van der Waals surface area contributed by atoms with Gasteiger partial charge in [0.2, 0.25) is 5.96 Å². The van der Waals surface area contributed by atoms with Crippen LogP contribution in [-0.2, 0) is 22.5 Å². The van der Waals surface area contributed by atoms with Crippen LogP contribution < -0.4 is 4.74 Å². The summed E-state index contributed by atoms with van der Waals surface area (Å²) in [7, 11) is 0. The average molecular weight is 501 g/mol. The van der Waals surface area contributed by atoms with Crippen LogP contribution in [0.5, 0.6) is 5.75 Å². The van der Waals surface area contributed by atoms with E-state index in [1.165, 1.54) is 4.90 Å². The Hall–Kier alpha value is -3.02. The van der Waals surface area contributed by atoms with Crippen LogP contribution in [0, 0.1) is 0 Å². The van der Waals surface area contributed by atoms with E-state index in [2.05, 4.69) is 4.99 Å². The molecule has 35 heavy (non-hydrogen) atoms. The fourth-order valence-corrected chi connectivity index (χ4v) is 3.86. The van der Waals surface area contributed by atoms with Gasteiger partial charge in [0.05, 0.1) is 6.61 Å². The van der Waals surface area contributed by atoms with E-state index in [1.54, 1.807) is 36.6 Å². The first-order chi connectivity index (χ1) is 16.4. The zero-order valence-corrected chi connectivity index (χ0v) is 20.1. The summed E-state index contributed by atoms with van der Waals surface area (Å²) in [5.41, 5.74) is 1.20. The summed E-state index contributed by atoms with van der Waals surface area (Å²) in [5, 5.41) is 8.93. The first-order valence-electron chi connectivity index (χ1n) is 11.4. The molecule has 0 aromatic heterocycles. The molecule has 1 N–H and O–H groups in total. The molecule has 9 nitrogen and oxygen atoms in total. The first kappa shape index (κ1) is 26.6. The fourth-order valence-electron chi connectivity index (χ4n) is 3.86. The van der Waals surface area contributed by atoms with Crippen molar-refractivity contribution in [3.63, 3.8) is 0 Å². The average Bonchev–Trinajstić information content (AvgIpc) is 2.79. The third kappa shape index (κ3) is 7.23. The first-order valence-corrected chi connectivity index (χ1v) is 11.4. The number of alkyl halides is 3. The smallest absolute Gasteiger partial charge is 0.473 e. The van der Waals surface area contributed by atoms with Gasteiger partial charge in [-0.25, -0.2) is 4.79 Å². The van der Waals surface area contributed by atoms with Gasteiger partial charge < -0.3 is 29.3 Å². The van der Waals surface area contributed by atoms with E-state index in [4.69, 9.17) is 14.6 Å². The van der Waals surface area contributed by atoms with E-state index < -0.39 is 23.8 Å². The van der Waals surface area contributed by atoms with Gasteiger partial charge in [0.25, 0.3) is 0 Å². The molecule has 0 spiro atoms. The predicted molar refractivity (Wildman–Crippen MR) is 121 cm³/mol. The molecule has 3 rings (SSSR count). The van der Waals surface area contributed by atoms with Crippen molar-refractivity contribution in [2.75, 3.05) is 45.9 Å². The van der Waals surface area contributed by atoms with Crippen molar-refractivity contribution in [3.05, 3.63) is 29.3 Å². The Morgan fingerprint density at radius 3 is 2.26 bits per heavy atom. The molecule has 0 atom stereocenters. The molecular weight excluding hydrogens is 469 g/mol. The number of piperazine rings is 1. The van der Waals surface area contributed by atoms with Crippen LogP contribution in [0.1, 0.15) is 31.9 Å². The number of nitrogens with zero attached hydrogens (tertiary/aromatic N) is 4. The highest BCUT2D eigenvalue weighted by Gasteiger charge is 2.40. The second-order valence-corrected chi connectivity index (χ2v) is 9.34. The number of aliphatic hydroxyl groups is 1. The van der Waals surface area contributed by atoms with Crippen molar-refractivity contribution in [1.82, 2.24) is 14.7 Å². The molecule has 1 fully saturated rings. The van der Waals surface area contributed by atoms with Crippen LogP contribution in [0.4, 0.5) is 18.0 Å². The van der Waals surface area contributed by atoms with Crippen LogP contribution in [0.2, 0.25) is 0 Å². The third-order valence-corrected chi connectivity index (χ3v) is 5.49. The van der Waals surface area contributed by atoms with Gasteiger partial charge in [-0.15, -0.1) is 0 Å². The molecule has 0 aliphatic carbocycles. The molecule has 0 saturated carbocycles. The molecule has 0 unspecified atom stereocenters. The van der Waals surface area contributed by atoms with Crippen LogP contribution in [0.25, 0.3) is 0 Å². The Labute approximate surface area is 202 Å². The number of aliphatic imine (C=N–C) groups is 1. The molecule has 2 amide bonds. The molecule has 1 aromatic carbocycles. The summed E-state index contributed by atoms with van der Waals surface area (Å²) in [4.78, 5) is 32.4. The van der Waals surface area contributed by atoms with Gasteiger partial charge in [0.1, 0.15) is 18.0 Å². The van der Waals surface area contributed by atoms with E-state index in [0.717, 1.165) is 11.1 Å². The highest BCUT2D eigenvalue weighted by Crippen LogP contribution is 2.26. The number of hydrogen-bond donors (Lipinski definition) is 1. The number of benzene rings is 1. The van der Waals surface area contributed by atoms with Gasteiger partial charge >= 0.3 is 18.2 Å². The summed E-state index contributed by atoms with van der Waals surface area (Å²) < 4.78 is 50.0. The van der Waals surface area contributed by atoms with Crippen molar-refractivity contribution in [1.29, 1.82) is 0 Å². The van der Waals surface area contributed by atoms with Gasteiger partial charge in [-0.3, -0.25) is 4.79 Å². The van der Waals surface area contributed by atoms with E-state index in [0.29, 0.717) is 18.7 Å². The lowest BCUT2D eigenvalue weighted by atomic mass is 9.99. The minimum atomic E-state index is -5.09. The zero-order valence-electron chi connectivity index (χ0n) is 20.1. The predicted octanol–water partition coefficient (Wildman–Crippen LogP) is 2.41. The van der Waals surface area contributed by atoms with Gasteiger partial charge in [-0.05, 0) is 50.5 Å². The lowest BCUT2D eigenvalue weighted by molar-refractivity contribution is -0.169. The van der Waals surface area contributed by atoms with Gasteiger partial charge in [-0.2, -0.15) is 18.2 Å². The molecule has 1 aromatic rings. The number of guanidine groups is 1. The molecule has 1 saturated heterocycles. The summed E-state index contributed by atoms with van der Waals surface area (Å²) in [6.07, 6.45) is -5.06. The van der Waals surface area contributed by atoms with Gasteiger partial charge in [0, 0.05) is 39.3 Å². The monoisotopic (exact) mass is 500 g/mol. The molecule has 2 heterocycles. The molecule has 12 heteroatoms. The molecule has 2 aliphatic rings. The number of ether oxygens (including phenoxy) is 2. The fraction of sp³-hybridized carbons (Fsp3) is 0.609. The summed E-state index contributed by atoms with van der Waals surface area (Å²) in [5.74, 6) is -1.62. The number of aliphatic hydroxyl groups excluding tert-OH is 1. The quantitative estimate of drug-likeness (QED) is 0.503. The number of carbonyl (C=O) groups is 2. The van der Waals surface area contributed by atoms with Crippen LogP contribution in [0.3, 0.4) is 0 Å². The maximum Gasteiger partial charge on any atom is 0.473 e. The summed E-state index contributed by atoms with van der Waals surface area (Å²) in [6, 6.07) is 5.40. The third-order valence-electron chi connectivity index (χ3n) is 5.49. The minimum absolute atomic E-state index is 0.0533. The van der Waals surface area contributed by atoms with E-state index >= 15 is 0 Å². The van der Waals surface area contributed by atoms with Crippen molar-refractivity contribution in [3.8, 4) is 5.75 Å². The Morgan fingerprint density at radius 2 is 1.66 bits per heavy atom. The Balaban J connectivity index is 1.76. The minimum Gasteiger partial charge on any atom is -0.491 e. The molecule has 0 radical (unpaired) electrons. The second kappa shape index (κ2) is 10.7. The molecular formula is C23H31F3N4O5. The summed E-state index contributed by atoms with van der Waals surface area (Å²) >= 11 is 0. The van der Waals surface area contributed by atoms with Gasteiger partial charge in [-0.1, -0.05) is 6.07 Å². The van der Waals surface area contributed by atoms with Crippen molar-refractivity contribution in [2.45, 2.75) is 45.5 Å². The maximum atomic E-state index is 13.1. The van der Waals surface area contributed by atoms with Crippen molar-refractivity contribution < 1.29 is 37.3 Å². The van der Waals surface area contributed by atoms with Crippen molar-refractivity contribution in [2.24, 2.45) is 4.99 Å². The van der Waals surface area contributed by atoms with Crippen LogP contribution >= 0.6 is 0 Å². The standard InChI is InChI=1S/C23H31F3N4O5/c1-22(2,3)35-21(33)29-10-8-28(9-11-29)20(27-19(32)23(24,25)26)30-7-6-16-14-18(34-13-12-31)5-4-17(16)15-30/h4-5,14,31H,6-13,15H2,1-3H3. The lowest BCUT2D eigenvalue weighted by Gasteiger charge is -2.41. The largest absolute Gasteiger partial charge is 0.491 e. The second-order valence-electron chi connectivity index (χ2n) is 9.34. The number of halogens is 3. The van der Waals surface area contributed by atoms with E-state index in [9.17, 15) is 22.8 Å². The highest BCUT2D eigenvalue weighted by atomic mass is 19.4. The van der Waals surface area contributed by atoms with Gasteiger partial charge in [0.15, 0.2) is 0 Å². The molecule has 2 aliphatic heterocycles. The zero-order chi connectivity index (χ0) is 25.8. The number of amides is 2. The van der Waals surface area contributed by atoms with Crippen LogP contribution in [0.15, 0.2) is 23.2 Å². The SMILES string of the molecule is CC(C)(C)OC(=O)N1CCN(C(=NC(=O)C(F)(F)F)N2CCc3cc(OCCO)ccc3C2)CC1. The Kier molecular flexibility index (Phi) is 8.14. The number of hydrogen-bond acceptors (Lipinski definition) is 5. The lowest BCUT2D eigenvalue weighted by Crippen LogP contribution is -2.56. The maximum absolute atomic E-state index is 13.1. The Morgan fingerprint density at radius 1 is 1.00 bits per heavy atom. The van der Waals surface area contributed by atoms with E-state index in [1.807, 2.05) is 12.1 Å². The number of carbonyl (C=O) groups excluding carboxylic acids is 2.